The smallest absolute Gasteiger partial charge is 0.291 e. The Labute approximate surface area is 160 Å². The summed E-state index contributed by atoms with van der Waals surface area (Å²) in [6, 6.07) is 16.5. The minimum Gasteiger partial charge on any atom is -0.459 e. The number of nitrogens with two attached hydrogens (primary N) is 1. The van der Waals surface area contributed by atoms with Crippen molar-refractivity contribution >= 4 is 34.8 Å². The predicted molar refractivity (Wildman–Crippen MR) is 105 cm³/mol. The summed E-state index contributed by atoms with van der Waals surface area (Å²) in [5, 5.41) is 8.37. The molecule has 0 aliphatic rings. The van der Waals surface area contributed by atoms with E-state index in [4.69, 9.17) is 10.2 Å². The molecule has 0 bridgehead atoms. The molecule has 0 fully saturated rings. The number of hydrogen-bond acceptors (Lipinski definition) is 5. The molecule has 0 radical (unpaired) electrons. The third kappa shape index (κ3) is 4.98. The first kappa shape index (κ1) is 18.7. The van der Waals surface area contributed by atoms with Crippen LogP contribution in [0.1, 0.15) is 20.9 Å². The number of amides is 3. The van der Waals surface area contributed by atoms with E-state index in [1.54, 1.807) is 54.6 Å². The molecular formula is C20H18N4O4. The van der Waals surface area contributed by atoms with E-state index in [0.29, 0.717) is 22.6 Å². The lowest BCUT2D eigenvalue weighted by Gasteiger charge is -2.10. The molecule has 0 saturated heterocycles. The molecule has 142 valence electrons. The highest BCUT2D eigenvalue weighted by atomic mass is 16.3. The molecule has 5 N–H and O–H groups in total. The average Bonchev–Trinajstić information content (AvgIpc) is 3.22. The van der Waals surface area contributed by atoms with E-state index in [1.807, 2.05) is 0 Å². The highest BCUT2D eigenvalue weighted by molar-refractivity contribution is 6.02. The Balaban J connectivity index is 1.55. The molecule has 2 aromatic carbocycles. The fourth-order valence-corrected chi connectivity index (χ4v) is 2.45. The van der Waals surface area contributed by atoms with Gasteiger partial charge in [-0.2, -0.15) is 0 Å². The second-order valence-corrected chi connectivity index (χ2v) is 5.86. The van der Waals surface area contributed by atoms with Crippen LogP contribution < -0.4 is 21.7 Å². The first-order valence-electron chi connectivity index (χ1n) is 8.40. The second-order valence-electron chi connectivity index (χ2n) is 5.86. The fourth-order valence-electron chi connectivity index (χ4n) is 2.45. The molecule has 0 spiro atoms. The Kier molecular flexibility index (Phi) is 5.71. The van der Waals surface area contributed by atoms with Crippen LogP contribution in [0.5, 0.6) is 0 Å². The maximum Gasteiger partial charge on any atom is 0.291 e. The summed E-state index contributed by atoms with van der Waals surface area (Å²) in [6.45, 7) is -0.00359. The van der Waals surface area contributed by atoms with Crippen molar-refractivity contribution in [1.29, 1.82) is 0 Å². The van der Waals surface area contributed by atoms with Crippen LogP contribution in [0.3, 0.4) is 0 Å². The molecular weight excluding hydrogens is 360 g/mol. The standard InChI is InChI=1S/C20H18N4O4/c21-19(26)13-4-1-6-15(10-13)23-18(25)12-22-14-5-2-7-16(11-14)24-20(27)17-8-3-9-28-17/h1-11,22H,12H2,(H2,21,26)(H,23,25)(H,24,27). The number of benzene rings is 2. The van der Waals surface area contributed by atoms with Crippen molar-refractivity contribution in [3.63, 3.8) is 0 Å². The topological polar surface area (TPSA) is 126 Å². The molecule has 0 unspecified atom stereocenters. The quantitative estimate of drug-likeness (QED) is 0.503. The third-order valence-corrected chi connectivity index (χ3v) is 3.75. The first-order chi connectivity index (χ1) is 13.5. The van der Waals surface area contributed by atoms with Gasteiger partial charge in [0.2, 0.25) is 11.8 Å². The molecule has 0 atom stereocenters. The van der Waals surface area contributed by atoms with Crippen LogP contribution in [0.4, 0.5) is 17.1 Å². The highest BCUT2D eigenvalue weighted by Gasteiger charge is 2.09. The van der Waals surface area contributed by atoms with E-state index in [1.165, 1.54) is 12.3 Å². The molecule has 3 amide bonds. The van der Waals surface area contributed by atoms with Crippen molar-refractivity contribution < 1.29 is 18.8 Å². The van der Waals surface area contributed by atoms with Crippen LogP contribution in [0.15, 0.2) is 71.3 Å². The minimum absolute atomic E-state index is 0.00359. The van der Waals surface area contributed by atoms with Crippen molar-refractivity contribution in [3.8, 4) is 0 Å². The monoisotopic (exact) mass is 378 g/mol. The van der Waals surface area contributed by atoms with Gasteiger partial charge in [-0.3, -0.25) is 14.4 Å². The number of rotatable bonds is 7. The van der Waals surface area contributed by atoms with Crippen molar-refractivity contribution in [1.82, 2.24) is 0 Å². The Morgan fingerprint density at radius 3 is 2.29 bits per heavy atom. The molecule has 1 aromatic heterocycles. The summed E-state index contributed by atoms with van der Waals surface area (Å²) < 4.78 is 5.05. The van der Waals surface area contributed by atoms with Gasteiger partial charge < -0.3 is 26.1 Å². The van der Waals surface area contributed by atoms with Crippen LogP contribution in [0.25, 0.3) is 0 Å². The largest absolute Gasteiger partial charge is 0.459 e. The molecule has 3 aromatic rings. The van der Waals surface area contributed by atoms with Crippen molar-refractivity contribution in [2.45, 2.75) is 0 Å². The number of primary amides is 1. The normalized spacial score (nSPS) is 10.1. The second kappa shape index (κ2) is 8.54. The molecule has 0 aliphatic heterocycles. The van der Waals surface area contributed by atoms with Gasteiger partial charge in [0.05, 0.1) is 12.8 Å². The number of anilines is 3. The lowest BCUT2D eigenvalue weighted by Crippen LogP contribution is -2.22. The summed E-state index contributed by atoms with van der Waals surface area (Å²) >= 11 is 0. The van der Waals surface area contributed by atoms with E-state index in [2.05, 4.69) is 16.0 Å². The molecule has 0 saturated carbocycles. The van der Waals surface area contributed by atoms with Gasteiger partial charge in [-0.15, -0.1) is 0 Å². The Hall–Kier alpha value is -4.07. The molecule has 8 heteroatoms. The SMILES string of the molecule is NC(=O)c1cccc(NC(=O)CNc2cccc(NC(=O)c3ccco3)c2)c1. The molecule has 28 heavy (non-hydrogen) atoms. The predicted octanol–water partition coefficient (Wildman–Crippen LogP) is 2.68. The molecule has 1 heterocycles. The summed E-state index contributed by atoms with van der Waals surface area (Å²) in [5.41, 5.74) is 7.22. The third-order valence-electron chi connectivity index (χ3n) is 3.75. The van der Waals surface area contributed by atoms with Gasteiger partial charge >= 0.3 is 0 Å². The van der Waals surface area contributed by atoms with Gasteiger partial charge in [-0.1, -0.05) is 12.1 Å². The zero-order valence-electron chi connectivity index (χ0n) is 14.8. The molecule has 3 rings (SSSR count). The maximum atomic E-state index is 12.1. The first-order valence-corrected chi connectivity index (χ1v) is 8.40. The average molecular weight is 378 g/mol. The highest BCUT2D eigenvalue weighted by Crippen LogP contribution is 2.16. The van der Waals surface area contributed by atoms with Crippen LogP contribution in [0, 0.1) is 0 Å². The summed E-state index contributed by atoms with van der Waals surface area (Å²) in [5.74, 6) is -1.03. The lowest BCUT2D eigenvalue weighted by molar-refractivity contribution is -0.114. The number of nitrogens with one attached hydrogen (secondary N) is 3. The Morgan fingerprint density at radius 1 is 0.857 bits per heavy atom. The van der Waals surface area contributed by atoms with Crippen LogP contribution in [-0.4, -0.2) is 24.3 Å². The summed E-state index contributed by atoms with van der Waals surface area (Å²) in [7, 11) is 0. The van der Waals surface area contributed by atoms with Crippen molar-refractivity contribution in [3.05, 3.63) is 78.3 Å². The lowest BCUT2D eigenvalue weighted by atomic mass is 10.2. The van der Waals surface area contributed by atoms with Gasteiger partial charge in [-0.05, 0) is 48.5 Å². The van der Waals surface area contributed by atoms with Gasteiger partial charge in [-0.25, -0.2) is 0 Å². The Bertz CT molecular complexity index is 999. The number of furan rings is 1. The van der Waals surface area contributed by atoms with Gasteiger partial charge in [0.15, 0.2) is 5.76 Å². The summed E-state index contributed by atoms with van der Waals surface area (Å²) in [6.07, 6.45) is 1.42. The minimum atomic E-state index is -0.567. The number of carbonyl (C=O) groups excluding carboxylic acids is 3. The van der Waals surface area contributed by atoms with Crippen LogP contribution >= 0.6 is 0 Å². The van der Waals surface area contributed by atoms with Gasteiger partial charge in [0, 0.05) is 22.6 Å². The fraction of sp³-hybridized carbons (Fsp3) is 0.0500. The van der Waals surface area contributed by atoms with Gasteiger partial charge in [0.1, 0.15) is 0 Å². The van der Waals surface area contributed by atoms with E-state index < -0.39 is 5.91 Å². The zero-order valence-corrected chi connectivity index (χ0v) is 14.8. The van der Waals surface area contributed by atoms with Crippen molar-refractivity contribution in [2.24, 2.45) is 5.73 Å². The molecule has 0 aliphatic carbocycles. The van der Waals surface area contributed by atoms with Crippen LogP contribution in [0.2, 0.25) is 0 Å². The molecule has 8 nitrogen and oxygen atoms in total. The van der Waals surface area contributed by atoms with Crippen molar-refractivity contribution in [2.75, 3.05) is 22.5 Å². The van der Waals surface area contributed by atoms with E-state index in [9.17, 15) is 14.4 Å². The zero-order chi connectivity index (χ0) is 19.9. The maximum absolute atomic E-state index is 12.1. The Morgan fingerprint density at radius 2 is 1.57 bits per heavy atom. The summed E-state index contributed by atoms with van der Waals surface area (Å²) in [4.78, 5) is 35.3. The van der Waals surface area contributed by atoms with Crippen LogP contribution in [-0.2, 0) is 4.79 Å². The van der Waals surface area contributed by atoms with Gasteiger partial charge in [0.25, 0.3) is 5.91 Å². The van der Waals surface area contributed by atoms with E-state index >= 15 is 0 Å². The van der Waals surface area contributed by atoms with E-state index in [0.717, 1.165) is 0 Å². The number of carbonyl (C=O) groups is 3. The van der Waals surface area contributed by atoms with E-state index in [-0.39, 0.29) is 24.1 Å². The number of hydrogen-bond donors (Lipinski definition) is 4.